The second-order valence-electron chi connectivity index (χ2n) is 3.80. The molecule has 1 atom stereocenters. The summed E-state index contributed by atoms with van der Waals surface area (Å²) in [6.07, 6.45) is 1.80. The molecule has 0 aliphatic heterocycles. The summed E-state index contributed by atoms with van der Waals surface area (Å²) in [7, 11) is 0. The Morgan fingerprint density at radius 3 is 2.73 bits per heavy atom. The molecule has 0 aliphatic rings. The van der Waals surface area contributed by atoms with Crippen molar-refractivity contribution in [1.29, 1.82) is 0 Å². The minimum atomic E-state index is -0.00152. The lowest BCUT2D eigenvalue weighted by molar-refractivity contribution is 0.821. The van der Waals surface area contributed by atoms with Gasteiger partial charge in [0.2, 0.25) is 0 Å². The summed E-state index contributed by atoms with van der Waals surface area (Å²) < 4.78 is 0. The monoisotopic (exact) mass is 201 g/mol. The van der Waals surface area contributed by atoms with E-state index in [1.165, 1.54) is 11.1 Å². The van der Waals surface area contributed by atoms with Crippen LogP contribution in [0.4, 0.5) is 0 Å². The number of hydrogen-bond donors (Lipinski definition) is 2. The van der Waals surface area contributed by atoms with Gasteiger partial charge in [-0.3, -0.25) is 5.10 Å². The number of aromatic nitrogens is 2. The number of H-pyrrole nitrogens is 1. The fraction of sp³-hybridized carbons (Fsp3) is 0.250. The highest BCUT2D eigenvalue weighted by atomic mass is 15.1. The molecule has 0 amide bonds. The molecule has 15 heavy (non-hydrogen) atoms. The Hall–Kier alpha value is -1.61. The second kappa shape index (κ2) is 3.87. The Morgan fingerprint density at radius 1 is 1.33 bits per heavy atom. The number of rotatable bonds is 2. The molecule has 3 nitrogen and oxygen atoms in total. The van der Waals surface area contributed by atoms with Crippen molar-refractivity contribution in [3.63, 3.8) is 0 Å². The first-order chi connectivity index (χ1) is 7.20. The molecule has 0 bridgehead atoms. The topological polar surface area (TPSA) is 54.7 Å². The van der Waals surface area contributed by atoms with E-state index >= 15 is 0 Å². The zero-order valence-electron chi connectivity index (χ0n) is 8.99. The van der Waals surface area contributed by atoms with Gasteiger partial charge in [0.1, 0.15) is 0 Å². The number of nitrogens with zero attached hydrogens (tertiary/aromatic N) is 1. The molecule has 0 saturated heterocycles. The summed E-state index contributed by atoms with van der Waals surface area (Å²) in [5.41, 5.74) is 10.4. The first kappa shape index (κ1) is 9.93. The van der Waals surface area contributed by atoms with E-state index < -0.39 is 0 Å². The minimum Gasteiger partial charge on any atom is -0.324 e. The minimum absolute atomic E-state index is 0.00152. The van der Waals surface area contributed by atoms with E-state index in [9.17, 15) is 0 Å². The van der Waals surface area contributed by atoms with Gasteiger partial charge in [0, 0.05) is 17.2 Å². The van der Waals surface area contributed by atoms with Gasteiger partial charge >= 0.3 is 0 Å². The number of nitrogens with one attached hydrogen (secondary N) is 1. The largest absolute Gasteiger partial charge is 0.324 e. The van der Waals surface area contributed by atoms with Crippen molar-refractivity contribution < 1.29 is 0 Å². The summed E-state index contributed by atoms with van der Waals surface area (Å²) in [5.74, 6) is 0. The molecule has 0 saturated carbocycles. The lowest BCUT2D eigenvalue weighted by Crippen LogP contribution is -2.05. The van der Waals surface area contributed by atoms with Crippen LogP contribution in [0.5, 0.6) is 0 Å². The number of benzene rings is 1. The lowest BCUT2D eigenvalue weighted by atomic mass is 10.0. The predicted molar refractivity (Wildman–Crippen MR) is 61.4 cm³/mol. The first-order valence-electron chi connectivity index (χ1n) is 5.05. The van der Waals surface area contributed by atoms with Gasteiger partial charge in [-0.2, -0.15) is 5.10 Å². The van der Waals surface area contributed by atoms with Gasteiger partial charge < -0.3 is 5.73 Å². The van der Waals surface area contributed by atoms with E-state index in [0.717, 1.165) is 11.3 Å². The summed E-state index contributed by atoms with van der Waals surface area (Å²) >= 11 is 0. The maximum absolute atomic E-state index is 5.89. The molecule has 0 radical (unpaired) electrons. The van der Waals surface area contributed by atoms with Gasteiger partial charge in [0.15, 0.2) is 0 Å². The quantitative estimate of drug-likeness (QED) is 0.784. The van der Waals surface area contributed by atoms with E-state index in [1.54, 1.807) is 6.20 Å². The van der Waals surface area contributed by atoms with Crippen LogP contribution in [0.25, 0.3) is 11.3 Å². The van der Waals surface area contributed by atoms with E-state index in [2.05, 4.69) is 29.3 Å². The van der Waals surface area contributed by atoms with Crippen LogP contribution in [-0.2, 0) is 0 Å². The van der Waals surface area contributed by atoms with Gasteiger partial charge in [0.25, 0.3) is 0 Å². The average molecular weight is 201 g/mol. The molecule has 1 aromatic carbocycles. The third-order valence-corrected chi connectivity index (χ3v) is 2.57. The fourth-order valence-electron chi connectivity index (χ4n) is 1.71. The van der Waals surface area contributed by atoms with Gasteiger partial charge in [-0.1, -0.05) is 24.3 Å². The van der Waals surface area contributed by atoms with E-state index in [1.807, 2.05) is 19.1 Å². The van der Waals surface area contributed by atoms with E-state index in [4.69, 9.17) is 5.73 Å². The summed E-state index contributed by atoms with van der Waals surface area (Å²) in [4.78, 5) is 0. The molecule has 0 spiro atoms. The van der Waals surface area contributed by atoms with Crippen LogP contribution in [-0.4, -0.2) is 10.2 Å². The van der Waals surface area contributed by atoms with Crippen LogP contribution < -0.4 is 5.73 Å². The second-order valence-corrected chi connectivity index (χ2v) is 3.80. The van der Waals surface area contributed by atoms with Crippen molar-refractivity contribution in [2.24, 2.45) is 5.73 Å². The summed E-state index contributed by atoms with van der Waals surface area (Å²) in [6, 6.07) is 8.21. The van der Waals surface area contributed by atoms with Crippen LogP contribution in [0.3, 0.4) is 0 Å². The molecule has 1 aromatic heterocycles. The molecule has 3 heteroatoms. The van der Waals surface area contributed by atoms with Crippen LogP contribution in [0.1, 0.15) is 24.1 Å². The maximum Gasteiger partial charge on any atom is 0.0700 e. The third-order valence-electron chi connectivity index (χ3n) is 2.57. The van der Waals surface area contributed by atoms with Crippen molar-refractivity contribution in [1.82, 2.24) is 10.2 Å². The van der Waals surface area contributed by atoms with Gasteiger partial charge in [-0.05, 0) is 19.4 Å². The van der Waals surface area contributed by atoms with Gasteiger partial charge in [-0.25, -0.2) is 0 Å². The van der Waals surface area contributed by atoms with Crippen LogP contribution in [0, 0.1) is 6.92 Å². The highest BCUT2D eigenvalue weighted by Gasteiger charge is 2.12. The van der Waals surface area contributed by atoms with Crippen LogP contribution in [0.15, 0.2) is 30.5 Å². The molecule has 1 heterocycles. The Morgan fingerprint density at radius 2 is 2.07 bits per heavy atom. The molecule has 2 aromatic rings. The van der Waals surface area contributed by atoms with Crippen molar-refractivity contribution in [3.8, 4) is 11.3 Å². The highest BCUT2D eigenvalue weighted by Crippen LogP contribution is 2.27. The zero-order valence-corrected chi connectivity index (χ0v) is 8.99. The number of nitrogens with two attached hydrogens (primary N) is 1. The molecular formula is C12H15N3. The third kappa shape index (κ3) is 1.78. The highest BCUT2D eigenvalue weighted by molar-refractivity contribution is 5.66. The zero-order chi connectivity index (χ0) is 10.8. The Bertz CT molecular complexity index is 457. The standard InChI is InChI=1S/C12H15N3/c1-8-5-3-4-6-10(8)12-11(9(2)13)7-14-15-12/h3-7,9H,13H2,1-2H3,(H,14,15). The summed E-state index contributed by atoms with van der Waals surface area (Å²) in [5, 5.41) is 7.07. The Kier molecular flexibility index (Phi) is 2.56. The van der Waals surface area contributed by atoms with Gasteiger partial charge in [-0.15, -0.1) is 0 Å². The number of aromatic amines is 1. The molecule has 2 rings (SSSR count). The average Bonchev–Trinajstić information content (AvgIpc) is 2.67. The Labute approximate surface area is 89.3 Å². The van der Waals surface area contributed by atoms with E-state index in [0.29, 0.717) is 0 Å². The van der Waals surface area contributed by atoms with Gasteiger partial charge in [0.05, 0.1) is 11.9 Å². The normalized spacial score (nSPS) is 12.7. The van der Waals surface area contributed by atoms with Crippen molar-refractivity contribution >= 4 is 0 Å². The maximum atomic E-state index is 5.89. The van der Waals surface area contributed by atoms with E-state index in [-0.39, 0.29) is 6.04 Å². The van der Waals surface area contributed by atoms with Crippen LogP contribution >= 0.6 is 0 Å². The van der Waals surface area contributed by atoms with Crippen molar-refractivity contribution in [2.75, 3.05) is 0 Å². The molecular weight excluding hydrogens is 186 g/mol. The number of aryl methyl sites for hydroxylation is 1. The smallest absolute Gasteiger partial charge is 0.0700 e. The Balaban J connectivity index is 2.55. The SMILES string of the molecule is Cc1ccccc1-c1[nH]ncc1C(C)N. The van der Waals surface area contributed by atoms with Crippen LogP contribution in [0.2, 0.25) is 0 Å². The molecule has 0 fully saturated rings. The molecule has 1 unspecified atom stereocenters. The molecule has 0 aliphatic carbocycles. The fourth-order valence-corrected chi connectivity index (χ4v) is 1.71. The predicted octanol–water partition coefficient (Wildman–Crippen LogP) is 2.40. The molecule has 3 N–H and O–H groups in total. The summed E-state index contributed by atoms with van der Waals surface area (Å²) in [6.45, 7) is 4.05. The lowest BCUT2D eigenvalue weighted by Gasteiger charge is -2.08. The molecule has 78 valence electrons. The van der Waals surface area contributed by atoms with Crippen molar-refractivity contribution in [2.45, 2.75) is 19.9 Å². The number of hydrogen-bond acceptors (Lipinski definition) is 2. The first-order valence-corrected chi connectivity index (χ1v) is 5.05. The van der Waals surface area contributed by atoms with Crippen molar-refractivity contribution in [3.05, 3.63) is 41.6 Å².